The van der Waals surface area contributed by atoms with Gasteiger partial charge in [-0.15, -0.1) is 12.4 Å². The van der Waals surface area contributed by atoms with Gasteiger partial charge in [-0.05, 0) is 24.3 Å². The van der Waals surface area contributed by atoms with Gasteiger partial charge in [0.15, 0.2) is 0 Å². The number of hydrogen-bond donors (Lipinski definition) is 3. The molecule has 15 heteroatoms. The third kappa shape index (κ3) is 8.35. The average Bonchev–Trinajstić information content (AvgIpc) is 2.74. The van der Waals surface area contributed by atoms with Crippen molar-refractivity contribution in [2.24, 2.45) is 0 Å². The fraction of sp³-hybridized carbons (Fsp3) is 0. The van der Waals surface area contributed by atoms with Gasteiger partial charge in [0.05, 0.1) is 50.2 Å². The summed E-state index contributed by atoms with van der Waals surface area (Å²) >= 11 is 5.32. The van der Waals surface area contributed by atoms with Gasteiger partial charge in [-0.25, -0.2) is 4.98 Å². The summed E-state index contributed by atoms with van der Waals surface area (Å²) in [6.07, 6.45) is 7.32. The van der Waals surface area contributed by atoms with Crippen LogP contribution < -0.4 is 17.2 Å². The number of anilines is 3. The molecule has 0 aromatic carbocycles. The van der Waals surface area contributed by atoms with Gasteiger partial charge in [0.25, 0.3) is 5.69 Å². The quantitative estimate of drug-likeness (QED) is 0.208. The molecule has 0 bridgehead atoms. The summed E-state index contributed by atoms with van der Waals surface area (Å²) in [5.74, 6) is 0. The first kappa shape index (κ1) is 26.7. The van der Waals surface area contributed by atoms with Crippen LogP contribution in [0.4, 0.5) is 28.4 Å². The third-order valence-corrected chi connectivity index (χ3v) is 3.76. The molecule has 4 rings (SSSR count). The van der Waals surface area contributed by atoms with Crippen molar-refractivity contribution >= 4 is 63.5 Å². The Hall–Kier alpha value is -4.36. The van der Waals surface area contributed by atoms with Gasteiger partial charge in [0.1, 0.15) is 6.20 Å². The van der Waals surface area contributed by atoms with Crippen molar-refractivity contribution in [3.63, 3.8) is 0 Å². The van der Waals surface area contributed by atoms with Crippen molar-refractivity contribution in [1.82, 2.24) is 19.9 Å². The maximum Gasteiger partial charge on any atom is 0.313 e. The highest BCUT2D eigenvalue weighted by molar-refractivity contribution is 6.31. The summed E-state index contributed by atoms with van der Waals surface area (Å²) in [4.78, 5) is 34.1. The molecule has 4 heterocycles. The normalized spacial score (nSPS) is 9.36. The van der Waals surface area contributed by atoms with Crippen molar-refractivity contribution < 1.29 is 9.85 Å². The number of halogens is 2. The molecule has 0 saturated heterocycles. The van der Waals surface area contributed by atoms with Gasteiger partial charge in [-0.2, -0.15) is 0 Å². The molecule has 0 saturated carbocycles. The molecule has 0 aliphatic heterocycles. The van der Waals surface area contributed by atoms with Crippen LogP contribution in [0.3, 0.4) is 0 Å². The molecule has 0 amide bonds. The predicted molar refractivity (Wildman–Crippen MR) is 127 cm³/mol. The number of fused-ring (bicyclic) bond motifs is 1. The zero-order chi connectivity index (χ0) is 23.7. The maximum atomic E-state index is 10.3. The molecule has 0 aliphatic rings. The number of rotatable bonds is 2. The summed E-state index contributed by atoms with van der Waals surface area (Å²) in [6.45, 7) is 0. The van der Waals surface area contributed by atoms with Crippen LogP contribution in [0.25, 0.3) is 11.0 Å². The van der Waals surface area contributed by atoms with Gasteiger partial charge in [-0.1, -0.05) is 11.6 Å². The second-order valence-electron chi connectivity index (χ2n) is 5.88. The molecule has 4 aromatic heterocycles. The SMILES string of the molecule is Cl.Nc1cnc2cccnc2c1.Nc1cncc(N)c1.O=[N+]([O-])c1cnc(Cl)c([N+](=O)[O-])c1. The van der Waals surface area contributed by atoms with Crippen LogP contribution in [0, 0.1) is 20.2 Å². The summed E-state index contributed by atoms with van der Waals surface area (Å²) < 4.78 is 0. The lowest BCUT2D eigenvalue weighted by molar-refractivity contribution is -0.394. The molecule has 0 spiro atoms. The van der Waals surface area contributed by atoms with E-state index in [1.54, 1.807) is 30.9 Å². The van der Waals surface area contributed by atoms with E-state index in [0.29, 0.717) is 17.1 Å². The van der Waals surface area contributed by atoms with Gasteiger partial charge in [0.2, 0.25) is 5.15 Å². The minimum atomic E-state index is -0.831. The second kappa shape index (κ2) is 12.5. The Kier molecular flexibility index (Phi) is 10.1. The first-order chi connectivity index (χ1) is 15.2. The highest BCUT2D eigenvalue weighted by atomic mass is 35.5. The molecule has 0 atom stereocenters. The Bertz CT molecular complexity index is 1240. The fourth-order valence-electron chi connectivity index (χ4n) is 2.10. The van der Waals surface area contributed by atoms with Crippen LogP contribution >= 0.6 is 24.0 Å². The van der Waals surface area contributed by atoms with Gasteiger partial charge < -0.3 is 17.2 Å². The van der Waals surface area contributed by atoms with Crippen molar-refractivity contribution in [2.45, 2.75) is 0 Å². The van der Waals surface area contributed by atoms with Crippen LogP contribution in [-0.2, 0) is 0 Å². The van der Waals surface area contributed by atoms with E-state index >= 15 is 0 Å². The van der Waals surface area contributed by atoms with Crippen LogP contribution in [-0.4, -0.2) is 29.8 Å². The standard InChI is InChI=1S/C8H7N3.C5H2ClN3O4.C5H7N3.ClH/c9-6-4-8-7(11-5-6)2-1-3-10-8;6-5-4(9(12)13)1-3(2-7-5)8(10)11;6-4-1-5(7)3-8-2-4;/h1-5H,9H2;1-2H;1-3H,6-7H2;1H. The highest BCUT2D eigenvalue weighted by Crippen LogP contribution is 2.25. The minimum Gasteiger partial charge on any atom is -0.397 e. The van der Waals surface area contributed by atoms with Crippen LogP contribution in [0.2, 0.25) is 5.15 Å². The van der Waals surface area contributed by atoms with Crippen molar-refractivity contribution in [1.29, 1.82) is 0 Å². The van der Waals surface area contributed by atoms with E-state index in [1.807, 2.05) is 18.2 Å². The Morgan fingerprint density at radius 3 is 1.97 bits per heavy atom. The minimum absolute atomic E-state index is 0. The number of pyridine rings is 4. The molecule has 4 aromatic rings. The van der Waals surface area contributed by atoms with Crippen LogP contribution in [0.15, 0.2) is 61.3 Å². The van der Waals surface area contributed by atoms with Crippen LogP contribution in [0.1, 0.15) is 0 Å². The fourth-order valence-corrected chi connectivity index (χ4v) is 2.27. The number of nitrogens with zero attached hydrogens (tertiary/aromatic N) is 6. The van der Waals surface area contributed by atoms with Crippen molar-refractivity contribution in [2.75, 3.05) is 17.2 Å². The summed E-state index contributed by atoms with van der Waals surface area (Å²) in [7, 11) is 0. The number of nitro groups is 2. The Balaban J connectivity index is 0.000000250. The zero-order valence-corrected chi connectivity index (χ0v) is 18.2. The van der Waals surface area contributed by atoms with Crippen LogP contribution in [0.5, 0.6) is 0 Å². The molecule has 13 nitrogen and oxygen atoms in total. The maximum absolute atomic E-state index is 10.3. The first-order valence-electron chi connectivity index (χ1n) is 8.54. The molecule has 0 fully saturated rings. The largest absolute Gasteiger partial charge is 0.397 e. The molecule has 172 valence electrons. The zero-order valence-electron chi connectivity index (χ0n) is 16.6. The smallest absolute Gasteiger partial charge is 0.313 e. The number of aromatic nitrogens is 4. The topological polar surface area (TPSA) is 216 Å². The van der Waals surface area contributed by atoms with Gasteiger partial charge in [0, 0.05) is 18.6 Å². The highest BCUT2D eigenvalue weighted by Gasteiger charge is 2.19. The van der Waals surface area contributed by atoms with E-state index in [0.717, 1.165) is 23.3 Å². The van der Waals surface area contributed by atoms with E-state index in [9.17, 15) is 20.2 Å². The monoisotopic (exact) mass is 493 g/mol. The molecular formula is C18H17Cl2N9O4. The molecule has 0 aliphatic carbocycles. The first-order valence-corrected chi connectivity index (χ1v) is 8.91. The van der Waals surface area contributed by atoms with E-state index < -0.39 is 21.2 Å². The van der Waals surface area contributed by atoms with Crippen molar-refractivity contribution in [3.05, 3.63) is 86.7 Å². The van der Waals surface area contributed by atoms with E-state index in [-0.39, 0.29) is 17.6 Å². The van der Waals surface area contributed by atoms with E-state index in [4.69, 9.17) is 28.8 Å². The molecule has 0 unspecified atom stereocenters. The average molecular weight is 494 g/mol. The van der Waals surface area contributed by atoms with Gasteiger partial charge >= 0.3 is 5.69 Å². The lowest BCUT2D eigenvalue weighted by Gasteiger charge is -1.95. The Morgan fingerprint density at radius 2 is 1.42 bits per heavy atom. The molecule has 6 N–H and O–H groups in total. The van der Waals surface area contributed by atoms with Crippen molar-refractivity contribution in [3.8, 4) is 0 Å². The number of nitrogens with two attached hydrogens (primary N) is 3. The number of hydrogen-bond acceptors (Lipinski definition) is 11. The Morgan fingerprint density at radius 1 is 0.788 bits per heavy atom. The molecular weight excluding hydrogens is 477 g/mol. The van der Waals surface area contributed by atoms with E-state index in [2.05, 4.69) is 19.9 Å². The summed E-state index contributed by atoms with van der Waals surface area (Å²) in [5.41, 5.74) is 18.7. The Labute approximate surface area is 197 Å². The second-order valence-corrected chi connectivity index (χ2v) is 6.24. The number of nitrogen functional groups attached to an aromatic ring is 3. The predicted octanol–water partition coefficient (Wildman–Crippen LogP) is 3.43. The summed E-state index contributed by atoms with van der Waals surface area (Å²) in [5, 5.41) is 20.1. The summed E-state index contributed by atoms with van der Waals surface area (Å²) in [6, 6.07) is 7.98. The third-order valence-electron chi connectivity index (χ3n) is 3.47. The van der Waals surface area contributed by atoms with E-state index in [1.165, 1.54) is 0 Å². The van der Waals surface area contributed by atoms with Gasteiger partial charge in [-0.3, -0.25) is 35.2 Å². The lowest BCUT2D eigenvalue weighted by Crippen LogP contribution is -1.94. The molecule has 0 radical (unpaired) electrons. The lowest BCUT2D eigenvalue weighted by atomic mass is 10.3. The molecule has 33 heavy (non-hydrogen) atoms.